The Balaban J connectivity index is 2.33. The summed E-state index contributed by atoms with van der Waals surface area (Å²) in [4.78, 5) is 10.6. The predicted octanol–water partition coefficient (Wildman–Crippen LogP) is 2.98. The topological polar surface area (TPSA) is 34.9 Å². The number of hydrogen-bond donors (Lipinski definition) is 0. The van der Waals surface area contributed by atoms with Crippen LogP contribution in [0.1, 0.15) is 36.7 Å². The lowest BCUT2D eigenvalue weighted by Gasteiger charge is -2.14. The van der Waals surface area contributed by atoms with Crippen LogP contribution >= 0.6 is 0 Å². The Hall–Kier alpha value is -1.90. The zero-order valence-corrected chi connectivity index (χ0v) is 10.3. The number of carbonyl (C=O) groups excluding carboxylic acids is 1. The van der Waals surface area contributed by atoms with Gasteiger partial charge in [-0.05, 0) is 35.2 Å². The lowest BCUT2D eigenvalue weighted by Crippen LogP contribution is -2.09. The minimum Gasteiger partial charge on any atom is -0.298 e. The van der Waals surface area contributed by atoms with Crippen molar-refractivity contribution in [3.8, 4) is 5.69 Å². The van der Waals surface area contributed by atoms with Gasteiger partial charge < -0.3 is 0 Å². The molecule has 0 atom stereocenters. The second-order valence-corrected chi connectivity index (χ2v) is 5.13. The molecule has 1 aromatic carbocycles. The average Bonchev–Trinajstić information content (AvgIpc) is 2.78. The molecule has 0 aliphatic rings. The molecule has 17 heavy (non-hydrogen) atoms. The summed E-state index contributed by atoms with van der Waals surface area (Å²) in [5, 5.41) is 4.34. The highest BCUT2D eigenvalue weighted by molar-refractivity contribution is 5.75. The fourth-order valence-corrected chi connectivity index (χ4v) is 1.56. The van der Waals surface area contributed by atoms with E-state index in [2.05, 4.69) is 25.9 Å². The van der Waals surface area contributed by atoms with Gasteiger partial charge in [0.2, 0.25) is 0 Å². The van der Waals surface area contributed by atoms with E-state index in [1.165, 1.54) is 5.56 Å². The van der Waals surface area contributed by atoms with Crippen LogP contribution in [0.15, 0.2) is 36.7 Å². The quantitative estimate of drug-likeness (QED) is 0.741. The number of aromatic nitrogens is 2. The lowest BCUT2D eigenvalue weighted by atomic mass is 9.90. The second kappa shape index (κ2) is 4.17. The number of aldehydes is 1. The second-order valence-electron chi connectivity index (χ2n) is 5.13. The molecule has 0 unspecified atom stereocenters. The van der Waals surface area contributed by atoms with Crippen LogP contribution in [0.2, 0.25) is 0 Å². The molecular formula is C14H16N2O. The van der Waals surface area contributed by atoms with E-state index in [1.54, 1.807) is 12.1 Å². The summed E-state index contributed by atoms with van der Waals surface area (Å²) in [6, 6.07) is 7.37. The van der Waals surface area contributed by atoms with Gasteiger partial charge in [-0.1, -0.05) is 20.8 Å². The average molecular weight is 228 g/mol. The number of nitrogens with zero attached hydrogens (tertiary/aromatic N) is 2. The van der Waals surface area contributed by atoms with Gasteiger partial charge in [0.15, 0.2) is 0 Å². The third kappa shape index (κ3) is 2.44. The van der Waals surface area contributed by atoms with Gasteiger partial charge in [-0.25, -0.2) is 4.68 Å². The number of carbonyl (C=O) groups is 1. The standard InChI is InChI=1S/C14H16N2O/c1-14(2,3)12-8-15-16(9-12)13-6-4-11(10-17)5-7-13/h4-10H,1-3H3. The maximum Gasteiger partial charge on any atom is 0.150 e. The van der Waals surface area contributed by atoms with Crippen LogP contribution in [0, 0.1) is 0 Å². The molecule has 0 saturated carbocycles. The lowest BCUT2D eigenvalue weighted by molar-refractivity contribution is 0.112. The fraction of sp³-hybridized carbons (Fsp3) is 0.286. The molecule has 3 heteroatoms. The molecule has 2 rings (SSSR count). The highest BCUT2D eigenvalue weighted by atomic mass is 16.1. The highest BCUT2D eigenvalue weighted by Gasteiger charge is 2.15. The van der Waals surface area contributed by atoms with Crippen molar-refractivity contribution in [2.24, 2.45) is 0 Å². The zero-order chi connectivity index (χ0) is 12.5. The van der Waals surface area contributed by atoms with Gasteiger partial charge in [0, 0.05) is 11.8 Å². The van der Waals surface area contributed by atoms with E-state index in [4.69, 9.17) is 0 Å². The third-order valence-electron chi connectivity index (χ3n) is 2.74. The Morgan fingerprint density at radius 3 is 2.29 bits per heavy atom. The smallest absolute Gasteiger partial charge is 0.150 e. The predicted molar refractivity (Wildman–Crippen MR) is 67.7 cm³/mol. The van der Waals surface area contributed by atoms with Gasteiger partial charge in [-0.3, -0.25) is 4.79 Å². The number of benzene rings is 1. The summed E-state index contributed by atoms with van der Waals surface area (Å²) in [7, 11) is 0. The Kier molecular flexibility index (Phi) is 2.84. The van der Waals surface area contributed by atoms with E-state index < -0.39 is 0 Å². The summed E-state index contributed by atoms with van der Waals surface area (Å²) in [5.41, 5.74) is 2.93. The van der Waals surface area contributed by atoms with E-state index in [0.29, 0.717) is 5.56 Å². The summed E-state index contributed by atoms with van der Waals surface area (Å²) in [5.74, 6) is 0. The molecule has 3 nitrogen and oxygen atoms in total. The fourth-order valence-electron chi connectivity index (χ4n) is 1.56. The minimum absolute atomic E-state index is 0.0982. The summed E-state index contributed by atoms with van der Waals surface area (Å²) in [6.45, 7) is 6.47. The molecule has 1 aromatic heterocycles. The largest absolute Gasteiger partial charge is 0.298 e. The van der Waals surface area contributed by atoms with E-state index in [9.17, 15) is 4.79 Å². The van der Waals surface area contributed by atoms with Crippen molar-refractivity contribution in [1.29, 1.82) is 0 Å². The Labute approximate surface area is 101 Å². The maximum absolute atomic E-state index is 10.6. The van der Waals surface area contributed by atoms with Crippen LogP contribution in [-0.2, 0) is 5.41 Å². The van der Waals surface area contributed by atoms with Crippen LogP contribution < -0.4 is 0 Å². The van der Waals surface area contributed by atoms with Crippen molar-refractivity contribution in [2.75, 3.05) is 0 Å². The van der Waals surface area contributed by atoms with Crippen molar-refractivity contribution < 1.29 is 4.79 Å². The first-order chi connectivity index (χ1) is 8.00. The molecule has 1 heterocycles. The Morgan fingerprint density at radius 1 is 1.18 bits per heavy atom. The van der Waals surface area contributed by atoms with E-state index in [0.717, 1.165) is 12.0 Å². The third-order valence-corrected chi connectivity index (χ3v) is 2.74. The Morgan fingerprint density at radius 2 is 1.82 bits per heavy atom. The number of rotatable bonds is 2. The summed E-state index contributed by atoms with van der Waals surface area (Å²) in [6.07, 6.45) is 4.75. The molecule has 2 aromatic rings. The van der Waals surface area contributed by atoms with Crippen LogP contribution in [-0.4, -0.2) is 16.1 Å². The molecule has 0 N–H and O–H groups in total. The first kappa shape index (κ1) is 11.6. The molecular weight excluding hydrogens is 212 g/mol. The van der Waals surface area contributed by atoms with Gasteiger partial charge >= 0.3 is 0 Å². The summed E-state index contributed by atoms with van der Waals surface area (Å²) < 4.78 is 1.83. The molecule has 88 valence electrons. The van der Waals surface area contributed by atoms with Gasteiger partial charge in [0.05, 0.1) is 11.9 Å². The SMILES string of the molecule is CC(C)(C)c1cnn(-c2ccc(C=O)cc2)c1. The van der Waals surface area contributed by atoms with Crippen LogP contribution in [0.4, 0.5) is 0 Å². The number of hydrogen-bond acceptors (Lipinski definition) is 2. The van der Waals surface area contributed by atoms with Crippen molar-refractivity contribution in [1.82, 2.24) is 9.78 Å². The highest BCUT2D eigenvalue weighted by Crippen LogP contribution is 2.22. The summed E-state index contributed by atoms with van der Waals surface area (Å²) >= 11 is 0. The zero-order valence-electron chi connectivity index (χ0n) is 10.3. The van der Waals surface area contributed by atoms with Crippen molar-refractivity contribution in [2.45, 2.75) is 26.2 Å². The minimum atomic E-state index is 0.0982. The van der Waals surface area contributed by atoms with E-state index >= 15 is 0 Å². The maximum atomic E-state index is 10.6. The van der Waals surface area contributed by atoms with Crippen LogP contribution in [0.5, 0.6) is 0 Å². The van der Waals surface area contributed by atoms with Gasteiger partial charge in [-0.2, -0.15) is 5.10 Å². The molecule has 0 saturated heterocycles. The van der Waals surface area contributed by atoms with Crippen LogP contribution in [0.25, 0.3) is 5.69 Å². The normalized spacial score (nSPS) is 11.5. The van der Waals surface area contributed by atoms with Crippen LogP contribution in [0.3, 0.4) is 0 Å². The Bertz CT molecular complexity index is 518. The van der Waals surface area contributed by atoms with E-state index in [-0.39, 0.29) is 5.41 Å². The molecule has 0 bridgehead atoms. The van der Waals surface area contributed by atoms with Crippen molar-refractivity contribution in [3.05, 3.63) is 47.8 Å². The van der Waals surface area contributed by atoms with Gasteiger partial charge in [-0.15, -0.1) is 0 Å². The molecule has 0 fully saturated rings. The molecule has 0 aliphatic heterocycles. The van der Waals surface area contributed by atoms with E-state index in [1.807, 2.05) is 29.2 Å². The van der Waals surface area contributed by atoms with Gasteiger partial charge in [0.1, 0.15) is 6.29 Å². The van der Waals surface area contributed by atoms with Crippen molar-refractivity contribution >= 4 is 6.29 Å². The molecule has 0 radical (unpaired) electrons. The molecule has 0 amide bonds. The van der Waals surface area contributed by atoms with Gasteiger partial charge in [0.25, 0.3) is 0 Å². The first-order valence-electron chi connectivity index (χ1n) is 5.61. The molecule has 0 aliphatic carbocycles. The van der Waals surface area contributed by atoms with Crippen molar-refractivity contribution in [3.63, 3.8) is 0 Å². The molecule has 0 spiro atoms. The first-order valence-corrected chi connectivity index (χ1v) is 5.61. The monoisotopic (exact) mass is 228 g/mol.